The SMILES string of the molecule is Cc1ccc(N2CC(=O)NC(CC(=O)O)C2)cc1C. The summed E-state index contributed by atoms with van der Waals surface area (Å²) in [6.07, 6.45) is -0.0485. The van der Waals surface area contributed by atoms with Crippen LogP contribution in [0.15, 0.2) is 18.2 Å². The van der Waals surface area contributed by atoms with E-state index < -0.39 is 5.97 Å². The first-order valence-corrected chi connectivity index (χ1v) is 6.29. The maximum Gasteiger partial charge on any atom is 0.305 e. The van der Waals surface area contributed by atoms with Crippen molar-refractivity contribution in [2.45, 2.75) is 26.3 Å². The van der Waals surface area contributed by atoms with Gasteiger partial charge < -0.3 is 15.3 Å². The highest BCUT2D eigenvalue weighted by Crippen LogP contribution is 2.20. The topological polar surface area (TPSA) is 69.6 Å². The van der Waals surface area contributed by atoms with Gasteiger partial charge in [0.25, 0.3) is 0 Å². The Labute approximate surface area is 112 Å². The highest BCUT2D eigenvalue weighted by Gasteiger charge is 2.26. The van der Waals surface area contributed by atoms with Crippen molar-refractivity contribution in [2.24, 2.45) is 0 Å². The summed E-state index contributed by atoms with van der Waals surface area (Å²) < 4.78 is 0. The summed E-state index contributed by atoms with van der Waals surface area (Å²) in [5.74, 6) is -1.03. The summed E-state index contributed by atoms with van der Waals surface area (Å²) in [4.78, 5) is 24.3. The van der Waals surface area contributed by atoms with Crippen molar-refractivity contribution in [2.75, 3.05) is 18.0 Å². The Kier molecular flexibility index (Phi) is 3.74. The number of aliphatic carboxylic acids is 1. The minimum absolute atomic E-state index is 0.0485. The van der Waals surface area contributed by atoms with Crippen LogP contribution in [0, 0.1) is 13.8 Å². The molecule has 0 bridgehead atoms. The Morgan fingerprint density at radius 1 is 1.42 bits per heavy atom. The molecule has 1 fully saturated rings. The highest BCUT2D eigenvalue weighted by molar-refractivity contribution is 5.84. The van der Waals surface area contributed by atoms with E-state index in [0.717, 1.165) is 5.69 Å². The molecule has 0 spiro atoms. The molecule has 1 heterocycles. The lowest BCUT2D eigenvalue weighted by Gasteiger charge is -2.34. The second-order valence-corrected chi connectivity index (χ2v) is 5.01. The van der Waals surface area contributed by atoms with Gasteiger partial charge in [-0.15, -0.1) is 0 Å². The van der Waals surface area contributed by atoms with E-state index in [1.165, 1.54) is 11.1 Å². The molecule has 19 heavy (non-hydrogen) atoms. The van der Waals surface area contributed by atoms with Crippen LogP contribution in [0.2, 0.25) is 0 Å². The molecule has 1 aromatic carbocycles. The number of hydrogen-bond donors (Lipinski definition) is 2. The van der Waals surface area contributed by atoms with Crippen molar-refractivity contribution in [3.05, 3.63) is 29.3 Å². The maximum absolute atomic E-state index is 11.6. The molecule has 2 N–H and O–H groups in total. The first-order chi connectivity index (χ1) is 8.95. The van der Waals surface area contributed by atoms with Crippen LogP contribution in [-0.2, 0) is 9.59 Å². The normalized spacial score (nSPS) is 19.2. The van der Waals surface area contributed by atoms with Gasteiger partial charge >= 0.3 is 5.97 Å². The summed E-state index contributed by atoms with van der Waals surface area (Å²) >= 11 is 0. The number of anilines is 1. The Balaban J connectivity index is 2.16. The Bertz CT molecular complexity index is 511. The van der Waals surface area contributed by atoms with Crippen molar-refractivity contribution in [1.29, 1.82) is 0 Å². The number of piperazine rings is 1. The van der Waals surface area contributed by atoms with Gasteiger partial charge in [-0.2, -0.15) is 0 Å². The van der Waals surface area contributed by atoms with Crippen molar-refractivity contribution in [3.8, 4) is 0 Å². The van der Waals surface area contributed by atoms with Crippen LogP contribution in [0.25, 0.3) is 0 Å². The molecule has 1 aliphatic rings. The van der Waals surface area contributed by atoms with E-state index in [2.05, 4.69) is 5.32 Å². The minimum Gasteiger partial charge on any atom is -0.481 e. The fraction of sp³-hybridized carbons (Fsp3) is 0.429. The zero-order valence-corrected chi connectivity index (χ0v) is 11.1. The van der Waals surface area contributed by atoms with E-state index in [4.69, 9.17) is 5.11 Å². The molecule has 1 unspecified atom stereocenters. The molecule has 1 aromatic rings. The van der Waals surface area contributed by atoms with Crippen LogP contribution in [0.4, 0.5) is 5.69 Å². The highest BCUT2D eigenvalue weighted by atomic mass is 16.4. The standard InChI is InChI=1S/C14H18N2O3/c1-9-3-4-12(5-10(9)2)16-7-11(6-14(18)19)15-13(17)8-16/h3-5,11H,6-8H2,1-2H3,(H,15,17)(H,18,19). The molecule has 1 saturated heterocycles. The zero-order chi connectivity index (χ0) is 14.0. The number of nitrogens with one attached hydrogen (secondary N) is 1. The first-order valence-electron chi connectivity index (χ1n) is 6.29. The minimum atomic E-state index is -0.896. The Morgan fingerprint density at radius 2 is 2.16 bits per heavy atom. The average Bonchev–Trinajstić information content (AvgIpc) is 2.31. The van der Waals surface area contributed by atoms with E-state index in [-0.39, 0.29) is 24.9 Å². The fourth-order valence-corrected chi connectivity index (χ4v) is 2.27. The van der Waals surface area contributed by atoms with E-state index in [9.17, 15) is 9.59 Å². The second-order valence-electron chi connectivity index (χ2n) is 5.01. The lowest BCUT2D eigenvalue weighted by Crippen LogP contribution is -2.54. The fourth-order valence-electron chi connectivity index (χ4n) is 2.27. The first kappa shape index (κ1) is 13.4. The predicted molar refractivity (Wildman–Crippen MR) is 72.3 cm³/mol. The van der Waals surface area contributed by atoms with Gasteiger partial charge in [0.2, 0.25) is 5.91 Å². The number of rotatable bonds is 3. The molecule has 0 aromatic heterocycles. The number of carbonyl (C=O) groups is 2. The van der Waals surface area contributed by atoms with Crippen molar-refractivity contribution >= 4 is 17.6 Å². The van der Waals surface area contributed by atoms with E-state index in [1.807, 2.05) is 36.9 Å². The van der Waals surface area contributed by atoms with E-state index >= 15 is 0 Å². The van der Waals surface area contributed by atoms with Gasteiger partial charge in [0.05, 0.1) is 19.0 Å². The third-order valence-corrected chi connectivity index (χ3v) is 3.42. The van der Waals surface area contributed by atoms with Crippen molar-refractivity contribution in [3.63, 3.8) is 0 Å². The zero-order valence-electron chi connectivity index (χ0n) is 11.1. The molecule has 102 valence electrons. The molecular weight excluding hydrogens is 244 g/mol. The molecule has 5 heteroatoms. The summed E-state index contributed by atoms with van der Waals surface area (Å²) in [5, 5.41) is 11.5. The summed E-state index contributed by atoms with van der Waals surface area (Å²) in [6, 6.07) is 5.69. The molecule has 1 aliphatic heterocycles. The third-order valence-electron chi connectivity index (χ3n) is 3.42. The number of carbonyl (C=O) groups excluding carboxylic acids is 1. The van der Waals surface area contributed by atoms with Gasteiger partial charge in [-0.3, -0.25) is 9.59 Å². The third kappa shape index (κ3) is 3.24. The molecule has 0 aliphatic carbocycles. The van der Waals surface area contributed by atoms with Crippen molar-refractivity contribution < 1.29 is 14.7 Å². The van der Waals surface area contributed by atoms with Crippen LogP contribution in [0.1, 0.15) is 17.5 Å². The summed E-state index contributed by atoms with van der Waals surface area (Å²) in [5.41, 5.74) is 3.33. The number of carboxylic acids is 1. The van der Waals surface area contributed by atoms with Gasteiger partial charge in [-0.1, -0.05) is 6.07 Å². The molecule has 0 radical (unpaired) electrons. The average molecular weight is 262 g/mol. The van der Waals surface area contributed by atoms with Crippen molar-refractivity contribution in [1.82, 2.24) is 5.32 Å². The molecule has 1 atom stereocenters. The molecular formula is C14H18N2O3. The number of aryl methyl sites for hydroxylation is 2. The number of amides is 1. The lowest BCUT2D eigenvalue weighted by molar-refractivity contribution is -0.137. The van der Waals surface area contributed by atoms with Gasteiger partial charge in [0.15, 0.2) is 0 Å². The maximum atomic E-state index is 11.6. The van der Waals surface area contributed by atoms with Crippen LogP contribution in [-0.4, -0.2) is 36.1 Å². The van der Waals surface area contributed by atoms with Crippen LogP contribution in [0.5, 0.6) is 0 Å². The quantitative estimate of drug-likeness (QED) is 0.855. The number of benzene rings is 1. The largest absolute Gasteiger partial charge is 0.481 e. The van der Waals surface area contributed by atoms with Gasteiger partial charge in [-0.05, 0) is 37.1 Å². The van der Waals surface area contributed by atoms with Crippen LogP contribution < -0.4 is 10.2 Å². The van der Waals surface area contributed by atoms with Crippen LogP contribution >= 0.6 is 0 Å². The molecule has 2 rings (SSSR count). The number of nitrogens with zero attached hydrogens (tertiary/aromatic N) is 1. The molecule has 0 saturated carbocycles. The van der Waals surface area contributed by atoms with E-state index in [1.54, 1.807) is 0 Å². The van der Waals surface area contributed by atoms with Gasteiger partial charge in [0.1, 0.15) is 0 Å². The number of carboxylic acid groups (broad SMARTS) is 1. The summed E-state index contributed by atoms with van der Waals surface area (Å²) in [6.45, 7) is 4.87. The smallest absolute Gasteiger partial charge is 0.305 e. The Morgan fingerprint density at radius 3 is 2.79 bits per heavy atom. The predicted octanol–water partition coefficient (Wildman–Crippen LogP) is 1.08. The van der Waals surface area contributed by atoms with Crippen LogP contribution in [0.3, 0.4) is 0 Å². The number of hydrogen-bond acceptors (Lipinski definition) is 3. The van der Waals surface area contributed by atoms with E-state index in [0.29, 0.717) is 6.54 Å². The monoisotopic (exact) mass is 262 g/mol. The lowest BCUT2D eigenvalue weighted by atomic mass is 10.1. The van der Waals surface area contributed by atoms with Gasteiger partial charge in [0, 0.05) is 12.2 Å². The second kappa shape index (κ2) is 5.30. The molecule has 5 nitrogen and oxygen atoms in total. The van der Waals surface area contributed by atoms with Gasteiger partial charge in [-0.25, -0.2) is 0 Å². The summed E-state index contributed by atoms with van der Waals surface area (Å²) in [7, 11) is 0. The Hall–Kier alpha value is -2.04. The molecule has 1 amide bonds.